The van der Waals surface area contributed by atoms with Crippen molar-refractivity contribution in [3.8, 4) is 5.69 Å². The highest BCUT2D eigenvalue weighted by Crippen LogP contribution is 2.35. The van der Waals surface area contributed by atoms with Gasteiger partial charge in [-0.05, 0) is 18.2 Å². The molecule has 0 amide bonds. The fourth-order valence-electron chi connectivity index (χ4n) is 1.56. The number of benzene rings is 1. The van der Waals surface area contributed by atoms with Gasteiger partial charge in [-0.3, -0.25) is 0 Å². The van der Waals surface area contributed by atoms with Gasteiger partial charge in [0.25, 0.3) is 0 Å². The summed E-state index contributed by atoms with van der Waals surface area (Å²) >= 11 is 5.61. The summed E-state index contributed by atoms with van der Waals surface area (Å²) in [6.45, 7) is 0. The second-order valence-corrected chi connectivity index (χ2v) is 4.07. The van der Waals surface area contributed by atoms with Crippen molar-refractivity contribution < 1.29 is 27.5 Å². The van der Waals surface area contributed by atoms with Crippen LogP contribution in [0.15, 0.2) is 24.3 Å². The van der Waals surface area contributed by atoms with Crippen molar-refractivity contribution in [2.75, 3.05) is 0 Å². The quantitative estimate of drug-likeness (QED) is 0.865. The van der Waals surface area contributed by atoms with Crippen LogP contribution in [0, 0.1) is 5.82 Å². The maximum absolute atomic E-state index is 13.1. The van der Waals surface area contributed by atoms with Crippen LogP contribution in [0.1, 0.15) is 16.1 Å². The number of hydrogen-bond acceptors (Lipinski definition) is 2. The molecule has 2 rings (SSSR count). The van der Waals surface area contributed by atoms with Gasteiger partial charge in [0.1, 0.15) is 16.5 Å². The number of carboxylic acids is 1. The smallest absolute Gasteiger partial charge is 0.436 e. The maximum atomic E-state index is 13.1. The normalized spacial score (nSPS) is 11.7. The third-order valence-corrected chi connectivity index (χ3v) is 2.71. The summed E-state index contributed by atoms with van der Waals surface area (Å²) in [4.78, 5) is 10.9. The number of rotatable bonds is 2. The molecule has 1 heterocycles. The van der Waals surface area contributed by atoms with Gasteiger partial charge in [0, 0.05) is 0 Å². The summed E-state index contributed by atoms with van der Waals surface area (Å²) in [5, 5.41) is 11.2. The van der Waals surface area contributed by atoms with Crippen LogP contribution in [0.25, 0.3) is 5.69 Å². The van der Waals surface area contributed by atoms with E-state index in [0.717, 1.165) is 12.1 Å². The van der Waals surface area contributed by atoms with Gasteiger partial charge in [0.2, 0.25) is 0 Å². The second kappa shape index (κ2) is 4.78. The molecule has 0 radical (unpaired) electrons. The highest BCUT2D eigenvalue weighted by Gasteiger charge is 2.41. The number of aromatic nitrogens is 2. The first-order valence-corrected chi connectivity index (χ1v) is 5.44. The van der Waals surface area contributed by atoms with Crippen molar-refractivity contribution in [1.82, 2.24) is 9.78 Å². The Morgan fingerprint density at radius 1 is 1.35 bits per heavy atom. The summed E-state index contributed by atoms with van der Waals surface area (Å²) in [5.74, 6) is -2.59. The van der Waals surface area contributed by atoms with Crippen molar-refractivity contribution in [2.24, 2.45) is 0 Å². The Kier molecular flexibility index (Phi) is 3.43. The second-order valence-electron chi connectivity index (χ2n) is 3.71. The molecule has 0 bridgehead atoms. The van der Waals surface area contributed by atoms with E-state index in [2.05, 4.69) is 5.10 Å². The Hall–Kier alpha value is -2.09. The number of alkyl halides is 3. The van der Waals surface area contributed by atoms with E-state index >= 15 is 0 Å². The van der Waals surface area contributed by atoms with E-state index in [0.29, 0.717) is 4.68 Å². The van der Waals surface area contributed by atoms with Crippen LogP contribution < -0.4 is 0 Å². The molecule has 0 aliphatic rings. The molecule has 2 aromatic rings. The summed E-state index contributed by atoms with van der Waals surface area (Å²) < 4.78 is 51.8. The molecule has 4 nitrogen and oxygen atoms in total. The predicted molar refractivity (Wildman–Crippen MR) is 60.5 cm³/mol. The molecule has 1 aromatic carbocycles. The monoisotopic (exact) mass is 308 g/mol. The Morgan fingerprint density at radius 3 is 2.45 bits per heavy atom. The minimum atomic E-state index is -4.99. The first-order valence-electron chi connectivity index (χ1n) is 5.06. The number of carbonyl (C=O) groups is 1. The molecule has 0 spiro atoms. The lowest BCUT2D eigenvalue weighted by atomic mass is 10.2. The van der Waals surface area contributed by atoms with Crippen molar-refractivity contribution in [2.45, 2.75) is 6.18 Å². The van der Waals surface area contributed by atoms with Gasteiger partial charge >= 0.3 is 12.1 Å². The number of aromatic carboxylic acids is 1. The van der Waals surface area contributed by atoms with E-state index in [4.69, 9.17) is 16.7 Å². The van der Waals surface area contributed by atoms with Crippen LogP contribution in [0.4, 0.5) is 17.6 Å². The third kappa shape index (κ3) is 2.46. The zero-order valence-electron chi connectivity index (χ0n) is 9.45. The Labute approximate surface area is 114 Å². The first kappa shape index (κ1) is 14.3. The Bertz CT molecular complexity index is 682. The van der Waals surface area contributed by atoms with Crippen molar-refractivity contribution in [1.29, 1.82) is 0 Å². The lowest BCUT2D eigenvalue weighted by Crippen LogP contribution is -2.12. The average molecular weight is 309 g/mol. The van der Waals surface area contributed by atoms with Crippen LogP contribution in [0.5, 0.6) is 0 Å². The molecule has 0 saturated carbocycles. The minimum Gasteiger partial charge on any atom is -0.478 e. The van der Waals surface area contributed by atoms with Gasteiger partial charge < -0.3 is 5.11 Å². The van der Waals surface area contributed by atoms with Crippen molar-refractivity contribution in [3.63, 3.8) is 0 Å². The lowest BCUT2D eigenvalue weighted by molar-refractivity contribution is -0.141. The molecule has 0 aliphatic heterocycles. The highest BCUT2D eigenvalue weighted by molar-refractivity contribution is 6.33. The van der Waals surface area contributed by atoms with E-state index < -0.39 is 34.4 Å². The predicted octanol–water partition coefficient (Wildman–Crippen LogP) is 3.38. The summed E-state index contributed by atoms with van der Waals surface area (Å²) in [6.07, 6.45) is -4.99. The largest absolute Gasteiger partial charge is 0.478 e. The minimum absolute atomic E-state index is 0.118. The van der Waals surface area contributed by atoms with Gasteiger partial charge in [-0.1, -0.05) is 17.7 Å². The van der Waals surface area contributed by atoms with Crippen LogP contribution in [-0.4, -0.2) is 20.9 Å². The van der Waals surface area contributed by atoms with Crippen LogP contribution >= 0.6 is 11.6 Å². The van der Waals surface area contributed by atoms with E-state index in [9.17, 15) is 22.4 Å². The molecule has 0 fully saturated rings. The van der Waals surface area contributed by atoms with E-state index in [1.54, 1.807) is 0 Å². The van der Waals surface area contributed by atoms with E-state index in [1.807, 2.05) is 0 Å². The number of hydrogen-bond donors (Lipinski definition) is 1. The maximum Gasteiger partial charge on any atom is 0.436 e. The molecular weight excluding hydrogens is 304 g/mol. The third-order valence-electron chi connectivity index (χ3n) is 2.36. The number of halogens is 5. The fraction of sp³-hybridized carbons (Fsp3) is 0.0909. The first-order chi connectivity index (χ1) is 9.21. The van der Waals surface area contributed by atoms with Gasteiger partial charge in [-0.2, -0.15) is 18.3 Å². The molecule has 9 heteroatoms. The fourth-order valence-corrected chi connectivity index (χ4v) is 1.87. The number of carboxylic acid groups (broad SMARTS) is 1. The molecular formula is C11H5ClF4N2O2. The topological polar surface area (TPSA) is 55.1 Å². The summed E-state index contributed by atoms with van der Waals surface area (Å²) in [5.41, 5.74) is -2.93. The van der Waals surface area contributed by atoms with Gasteiger partial charge in [0.05, 0.1) is 5.69 Å². The number of nitrogens with zero attached hydrogens (tertiary/aromatic N) is 2. The molecule has 106 valence electrons. The zero-order chi connectivity index (χ0) is 15.1. The molecule has 0 aliphatic carbocycles. The highest BCUT2D eigenvalue weighted by atomic mass is 35.5. The molecule has 0 unspecified atom stereocenters. The average Bonchev–Trinajstić information content (AvgIpc) is 2.66. The van der Waals surface area contributed by atoms with Gasteiger partial charge in [0.15, 0.2) is 5.69 Å². The summed E-state index contributed by atoms with van der Waals surface area (Å²) in [6, 6.07) is 4.43. The molecule has 0 atom stereocenters. The van der Waals surface area contributed by atoms with Crippen LogP contribution in [0.3, 0.4) is 0 Å². The SMILES string of the molecule is O=C(O)c1c(C(F)(F)F)nn(-c2cccc(F)c2)c1Cl. The Balaban J connectivity index is 2.71. The van der Waals surface area contributed by atoms with Gasteiger partial charge in [-0.15, -0.1) is 0 Å². The zero-order valence-corrected chi connectivity index (χ0v) is 10.2. The van der Waals surface area contributed by atoms with Crippen LogP contribution in [0.2, 0.25) is 5.15 Å². The molecule has 20 heavy (non-hydrogen) atoms. The van der Waals surface area contributed by atoms with Gasteiger partial charge in [-0.25, -0.2) is 13.9 Å². The van der Waals surface area contributed by atoms with E-state index in [1.165, 1.54) is 12.1 Å². The summed E-state index contributed by atoms with van der Waals surface area (Å²) in [7, 11) is 0. The van der Waals surface area contributed by atoms with E-state index in [-0.39, 0.29) is 5.69 Å². The Morgan fingerprint density at radius 2 is 2.00 bits per heavy atom. The molecule has 0 saturated heterocycles. The van der Waals surface area contributed by atoms with Crippen molar-refractivity contribution in [3.05, 3.63) is 46.5 Å². The molecule has 1 aromatic heterocycles. The standard InChI is InChI=1S/C11H5ClF4N2O2/c12-9-7(10(19)20)8(11(14,15)16)17-18(9)6-3-1-2-5(13)4-6/h1-4H,(H,19,20). The molecule has 1 N–H and O–H groups in total. The van der Waals surface area contributed by atoms with Crippen LogP contribution in [-0.2, 0) is 6.18 Å². The van der Waals surface area contributed by atoms with Crippen molar-refractivity contribution >= 4 is 17.6 Å². The lowest BCUT2D eigenvalue weighted by Gasteiger charge is -2.03.